The average Bonchev–Trinajstić information content (AvgIpc) is 3.85. The minimum atomic E-state index is -0.250. The van der Waals surface area contributed by atoms with Crippen molar-refractivity contribution in [3.05, 3.63) is 221 Å². The van der Waals surface area contributed by atoms with Crippen molar-refractivity contribution in [2.45, 2.75) is 20.7 Å². The van der Waals surface area contributed by atoms with Gasteiger partial charge in [0, 0.05) is 22.0 Å². The van der Waals surface area contributed by atoms with Crippen LogP contribution in [0.2, 0.25) is 0 Å². The Morgan fingerprint density at radius 1 is 0.422 bits per heavy atom. The van der Waals surface area contributed by atoms with Gasteiger partial charge in [0.2, 0.25) is 0 Å². The molecule has 4 unspecified atom stereocenters. The number of hydrogen-bond donors (Lipinski definition) is 0. The van der Waals surface area contributed by atoms with Crippen LogP contribution in [-0.4, -0.2) is 0 Å². The smallest absolute Gasteiger partial charge is 0.0858 e. The highest BCUT2D eigenvalue weighted by Gasteiger charge is 2.76. The zero-order valence-corrected chi connectivity index (χ0v) is 26.6. The molecular weight excluding hydrogens is 581 g/mol. The third-order valence-electron chi connectivity index (χ3n) is 9.50. The Bertz CT molecular complexity index is 1850. The summed E-state index contributed by atoms with van der Waals surface area (Å²) >= 11 is 4.19. The number of allylic oxidation sites excluding steroid dienone is 1. The number of hydrogen-bond acceptors (Lipinski definition) is 2. The molecule has 0 aliphatic carbocycles. The lowest BCUT2D eigenvalue weighted by Gasteiger charge is -2.44. The summed E-state index contributed by atoms with van der Waals surface area (Å²) in [5.41, 5.74) is 8.17. The van der Waals surface area contributed by atoms with E-state index in [2.05, 4.69) is 200 Å². The van der Waals surface area contributed by atoms with Crippen molar-refractivity contribution in [1.29, 1.82) is 0 Å². The van der Waals surface area contributed by atoms with Crippen molar-refractivity contribution in [3.63, 3.8) is 0 Å². The summed E-state index contributed by atoms with van der Waals surface area (Å²) in [6, 6.07) is 67.4. The highest BCUT2D eigenvalue weighted by molar-refractivity contribution is 8.09. The minimum absolute atomic E-state index is 0.190. The molecule has 2 heterocycles. The Balaban J connectivity index is 1.45. The Labute approximate surface area is 275 Å². The first kappa shape index (κ1) is 28.2. The normalized spacial score (nSPS) is 23.6. The highest BCUT2D eigenvalue weighted by atomic mass is 32.2. The van der Waals surface area contributed by atoms with Crippen LogP contribution in [0.4, 0.5) is 0 Å². The second-order valence-corrected chi connectivity index (χ2v) is 14.6. The molecule has 6 aromatic rings. The van der Waals surface area contributed by atoms with Crippen LogP contribution in [0.5, 0.6) is 0 Å². The van der Waals surface area contributed by atoms with Crippen LogP contribution >= 0.6 is 23.5 Å². The van der Waals surface area contributed by atoms with Crippen molar-refractivity contribution in [2.75, 3.05) is 0 Å². The van der Waals surface area contributed by atoms with Gasteiger partial charge in [0.15, 0.2) is 0 Å². The van der Waals surface area contributed by atoms with Gasteiger partial charge < -0.3 is 0 Å². The Morgan fingerprint density at radius 2 is 0.844 bits per heavy atom. The number of rotatable bonds is 7. The molecule has 2 aliphatic heterocycles. The van der Waals surface area contributed by atoms with Gasteiger partial charge in [0.1, 0.15) is 0 Å². The van der Waals surface area contributed by atoms with E-state index in [-0.39, 0.29) is 26.6 Å². The SMILES string of the molecule is C1=C(c2ccccc2)SC(c2ccccc2)C(C2(c3ccccc3)SC2(c2ccccc2)c2ccccc2)C1c1ccccc1. The molecule has 6 aromatic carbocycles. The van der Waals surface area contributed by atoms with Crippen LogP contribution in [0.25, 0.3) is 4.91 Å². The van der Waals surface area contributed by atoms with Crippen molar-refractivity contribution in [1.82, 2.24) is 0 Å². The Morgan fingerprint density at radius 3 is 1.36 bits per heavy atom. The van der Waals surface area contributed by atoms with E-state index < -0.39 is 0 Å². The van der Waals surface area contributed by atoms with Crippen LogP contribution < -0.4 is 0 Å². The van der Waals surface area contributed by atoms with E-state index in [4.69, 9.17) is 0 Å². The van der Waals surface area contributed by atoms with Gasteiger partial charge in [-0.25, -0.2) is 0 Å². The Kier molecular flexibility index (Phi) is 7.49. The topological polar surface area (TPSA) is 0 Å². The van der Waals surface area contributed by atoms with Crippen LogP contribution in [0, 0.1) is 5.92 Å². The molecule has 2 heteroatoms. The summed E-state index contributed by atoms with van der Waals surface area (Å²) < 4.78 is -0.482. The van der Waals surface area contributed by atoms with E-state index in [0.717, 1.165) is 0 Å². The summed E-state index contributed by atoms with van der Waals surface area (Å²) in [6.45, 7) is 0. The third kappa shape index (κ3) is 4.79. The van der Waals surface area contributed by atoms with E-state index in [1.807, 2.05) is 11.8 Å². The van der Waals surface area contributed by atoms with Crippen molar-refractivity contribution in [3.8, 4) is 0 Å². The van der Waals surface area contributed by atoms with E-state index in [1.165, 1.54) is 38.3 Å². The molecule has 4 atom stereocenters. The molecular formula is C43H34S2. The second-order valence-electron chi connectivity index (χ2n) is 11.9. The fraction of sp³-hybridized carbons (Fsp3) is 0.116. The molecule has 0 radical (unpaired) electrons. The molecule has 0 nitrogen and oxygen atoms in total. The zero-order chi connectivity index (χ0) is 30.1. The first-order valence-electron chi connectivity index (χ1n) is 15.7. The van der Waals surface area contributed by atoms with E-state index in [9.17, 15) is 0 Å². The summed E-state index contributed by atoms with van der Waals surface area (Å²) in [7, 11) is 0. The molecule has 0 aromatic heterocycles. The van der Waals surface area contributed by atoms with Crippen molar-refractivity contribution < 1.29 is 0 Å². The lowest BCUT2D eigenvalue weighted by atomic mass is 9.64. The van der Waals surface area contributed by atoms with Gasteiger partial charge in [-0.2, -0.15) is 0 Å². The van der Waals surface area contributed by atoms with Crippen LogP contribution in [0.3, 0.4) is 0 Å². The standard InChI is InChI=1S/C43H34S2/c1-7-19-32(20-8-1)38-31-39(33-21-9-2-10-22-33)44-41(34-23-11-3-12-24-34)40(38)43(37-29-17-6-18-30-37)42(45-43,35-25-13-4-14-26-35)36-27-15-5-16-28-36/h1-31,38,40-41H. The van der Waals surface area contributed by atoms with Crippen LogP contribution in [0.15, 0.2) is 188 Å². The maximum Gasteiger partial charge on any atom is 0.0858 e. The zero-order valence-electron chi connectivity index (χ0n) is 24.9. The van der Waals surface area contributed by atoms with Gasteiger partial charge >= 0.3 is 0 Å². The van der Waals surface area contributed by atoms with Gasteiger partial charge in [-0.15, -0.1) is 23.5 Å². The molecule has 2 aliphatic rings. The van der Waals surface area contributed by atoms with Crippen molar-refractivity contribution >= 4 is 28.4 Å². The molecule has 1 saturated heterocycles. The lowest BCUT2D eigenvalue weighted by molar-refractivity contribution is 0.343. The van der Waals surface area contributed by atoms with E-state index in [0.29, 0.717) is 0 Å². The van der Waals surface area contributed by atoms with Gasteiger partial charge in [0.25, 0.3) is 0 Å². The van der Waals surface area contributed by atoms with Gasteiger partial charge in [-0.05, 0) is 33.4 Å². The summed E-state index contributed by atoms with van der Waals surface area (Å²) in [6.07, 6.45) is 2.59. The largest absolute Gasteiger partial charge is 0.129 e. The molecule has 0 spiro atoms. The first-order chi connectivity index (χ1) is 22.3. The predicted octanol–water partition coefficient (Wildman–Crippen LogP) is 11.5. The van der Waals surface area contributed by atoms with Crippen LogP contribution in [-0.2, 0) is 9.49 Å². The molecule has 0 bridgehead atoms. The second kappa shape index (κ2) is 11.9. The molecule has 218 valence electrons. The maximum absolute atomic E-state index is 2.59. The fourth-order valence-corrected chi connectivity index (χ4v) is 11.3. The number of thioether (sulfide) groups is 2. The maximum atomic E-state index is 2.59. The summed E-state index contributed by atoms with van der Waals surface area (Å²) in [4.78, 5) is 1.36. The summed E-state index contributed by atoms with van der Waals surface area (Å²) in [5, 5.41) is 0.221. The van der Waals surface area contributed by atoms with Crippen LogP contribution in [0.1, 0.15) is 44.5 Å². The monoisotopic (exact) mass is 614 g/mol. The van der Waals surface area contributed by atoms with Gasteiger partial charge in [-0.1, -0.05) is 188 Å². The molecule has 45 heavy (non-hydrogen) atoms. The molecule has 1 fully saturated rings. The average molecular weight is 615 g/mol. The van der Waals surface area contributed by atoms with E-state index >= 15 is 0 Å². The van der Waals surface area contributed by atoms with Gasteiger partial charge in [0.05, 0.1) is 9.49 Å². The first-order valence-corrected chi connectivity index (χ1v) is 17.4. The van der Waals surface area contributed by atoms with Crippen molar-refractivity contribution in [2.24, 2.45) is 5.92 Å². The van der Waals surface area contributed by atoms with Gasteiger partial charge in [-0.3, -0.25) is 0 Å². The highest BCUT2D eigenvalue weighted by Crippen LogP contribution is 2.85. The quantitative estimate of drug-likeness (QED) is 0.164. The lowest BCUT2D eigenvalue weighted by Crippen LogP contribution is -2.38. The van der Waals surface area contributed by atoms with E-state index in [1.54, 1.807) is 0 Å². The Hall–Kier alpha value is -4.24. The number of benzene rings is 6. The predicted molar refractivity (Wildman–Crippen MR) is 193 cm³/mol. The molecule has 0 N–H and O–H groups in total. The molecule has 8 rings (SSSR count). The summed E-state index contributed by atoms with van der Waals surface area (Å²) in [5.74, 6) is 0.433. The molecule has 0 amide bonds. The third-order valence-corrected chi connectivity index (χ3v) is 13.0. The minimum Gasteiger partial charge on any atom is -0.129 e. The molecule has 0 saturated carbocycles. The fourth-order valence-electron chi connectivity index (χ4n) is 7.55.